The van der Waals surface area contributed by atoms with Crippen LogP contribution < -0.4 is 5.32 Å². The Morgan fingerprint density at radius 3 is 2.81 bits per heavy atom. The molecule has 106 valence electrons. The summed E-state index contributed by atoms with van der Waals surface area (Å²) in [5, 5.41) is 12.7. The van der Waals surface area contributed by atoms with E-state index in [1.165, 1.54) is 0 Å². The number of para-hydroxylation sites is 1. The van der Waals surface area contributed by atoms with Gasteiger partial charge in [0.15, 0.2) is 5.76 Å². The number of carboxylic acid groups (broad SMARTS) is 1. The summed E-state index contributed by atoms with van der Waals surface area (Å²) in [5.41, 5.74) is 0.971. The van der Waals surface area contributed by atoms with E-state index in [1.54, 1.807) is 19.1 Å². The van der Waals surface area contributed by atoms with Crippen molar-refractivity contribution in [2.45, 2.75) is 6.92 Å². The summed E-state index contributed by atoms with van der Waals surface area (Å²) in [6.45, 7) is 1.58. The van der Waals surface area contributed by atoms with Gasteiger partial charge in [0.1, 0.15) is 16.1 Å². The number of benzene rings is 1. The summed E-state index contributed by atoms with van der Waals surface area (Å²) < 4.78 is 9.38. The van der Waals surface area contributed by atoms with Crippen LogP contribution in [0.1, 0.15) is 26.6 Å². The number of carbonyl (C=O) groups is 2. The van der Waals surface area contributed by atoms with Crippen molar-refractivity contribution in [3.8, 4) is 0 Å². The van der Waals surface area contributed by atoms with Crippen LogP contribution >= 0.6 is 11.5 Å². The van der Waals surface area contributed by atoms with E-state index in [4.69, 9.17) is 9.52 Å². The Hall–Kier alpha value is -2.67. The third-order valence-corrected chi connectivity index (χ3v) is 3.81. The highest BCUT2D eigenvalue weighted by Crippen LogP contribution is 2.26. The van der Waals surface area contributed by atoms with Gasteiger partial charge in [0.25, 0.3) is 5.91 Å². The van der Waals surface area contributed by atoms with Crippen molar-refractivity contribution in [3.63, 3.8) is 0 Å². The SMILES string of the molecule is Cc1nsc(NC(=O)c2cc3ccccc3o2)c1C(=O)O. The van der Waals surface area contributed by atoms with Crippen LogP contribution in [0.4, 0.5) is 5.00 Å². The van der Waals surface area contributed by atoms with Gasteiger partial charge in [-0.1, -0.05) is 18.2 Å². The maximum Gasteiger partial charge on any atom is 0.340 e. The molecule has 0 unspecified atom stereocenters. The Labute approximate surface area is 123 Å². The van der Waals surface area contributed by atoms with Crippen LogP contribution in [-0.4, -0.2) is 21.4 Å². The maximum atomic E-state index is 12.1. The lowest BCUT2D eigenvalue weighted by molar-refractivity contribution is 0.0697. The largest absolute Gasteiger partial charge is 0.478 e. The van der Waals surface area contributed by atoms with Crippen molar-refractivity contribution >= 4 is 39.4 Å². The van der Waals surface area contributed by atoms with Crippen LogP contribution in [0.3, 0.4) is 0 Å². The minimum Gasteiger partial charge on any atom is -0.478 e. The van der Waals surface area contributed by atoms with E-state index in [9.17, 15) is 9.59 Å². The van der Waals surface area contributed by atoms with Crippen molar-refractivity contribution in [2.75, 3.05) is 5.32 Å². The summed E-state index contributed by atoms with van der Waals surface area (Å²) in [6, 6.07) is 8.84. The summed E-state index contributed by atoms with van der Waals surface area (Å²) in [6.07, 6.45) is 0. The molecular weight excluding hydrogens is 292 g/mol. The van der Waals surface area contributed by atoms with Gasteiger partial charge < -0.3 is 14.8 Å². The zero-order chi connectivity index (χ0) is 15.0. The van der Waals surface area contributed by atoms with Gasteiger partial charge in [-0.15, -0.1) is 0 Å². The Morgan fingerprint density at radius 1 is 1.33 bits per heavy atom. The molecule has 0 fully saturated rings. The predicted octanol–water partition coefficient (Wildman–Crippen LogP) is 3.15. The number of hydrogen-bond donors (Lipinski definition) is 2. The number of nitrogens with one attached hydrogen (secondary N) is 1. The number of nitrogens with zero attached hydrogens (tertiary/aromatic N) is 1. The molecule has 1 amide bonds. The zero-order valence-electron chi connectivity index (χ0n) is 10.9. The first kappa shape index (κ1) is 13.3. The number of aryl methyl sites for hydroxylation is 1. The Bertz CT molecular complexity index is 817. The summed E-state index contributed by atoms with van der Waals surface area (Å²) in [5.74, 6) is -1.50. The van der Waals surface area contributed by atoms with Crippen molar-refractivity contribution in [3.05, 3.63) is 47.3 Å². The van der Waals surface area contributed by atoms with E-state index < -0.39 is 11.9 Å². The van der Waals surface area contributed by atoms with E-state index in [1.807, 2.05) is 18.2 Å². The molecule has 0 aliphatic carbocycles. The topological polar surface area (TPSA) is 92.4 Å². The Kier molecular flexibility index (Phi) is 3.19. The van der Waals surface area contributed by atoms with Gasteiger partial charge in [-0.05, 0) is 30.6 Å². The van der Waals surface area contributed by atoms with Gasteiger partial charge in [-0.2, -0.15) is 4.37 Å². The van der Waals surface area contributed by atoms with Crippen LogP contribution in [0.15, 0.2) is 34.7 Å². The molecule has 0 aliphatic rings. The molecule has 0 spiro atoms. The number of anilines is 1. The molecule has 6 nitrogen and oxygen atoms in total. The lowest BCUT2D eigenvalue weighted by atomic mass is 10.2. The molecule has 0 radical (unpaired) electrons. The molecule has 3 aromatic rings. The number of carboxylic acids is 1. The summed E-state index contributed by atoms with van der Waals surface area (Å²) in [7, 11) is 0. The highest BCUT2D eigenvalue weighted by Gasteiger charge is 2.21. The minimum atomic E-state index is -1.12. The number of aromatic carboxylic acids is 1. The van der Waals surface area contributed by atoms with Crippen LogP contribution in [0.25, 0.3) is 11.0 Å². The van der Waals surface area contributed by atoms with E-state index in [2.05, 4.69) is 9.69 Å². The van der Waals surface area contributed by atoms with E-state index in [0.717, 1.165) is 16.9 Å². The van der Waals surface area contributed by atoms with Crippen LogP contribution in [0.2, 0.25) is 0 Å². The molecule has 0 bridgehead atoms. The molecule has 2 N–H and O–H groups in total. The first-order chi connectivity index (χ1) is 10.1. The molecule has 1 aromatic carbocycles. The first-order valence-electron chi connectivity index (χ1n) is 6.06. The van der Waals surface area contributed by atoms with E-state index in [0.29, 0.717) is 11.3 Å². The molecule has 3 rings (SSSR count). The van der Waals surface area contributed by atoms with Crippen molar-refractivity contribution in [1.82, 2.24) is 4.37 Å². The van der Waals surface area contributed by atoms with Gasteiger partial charge in [0.2, 0.25) is 0 Å². The highest BCUT2D eigenvalue weighted by molar-refractivity contribution is 7.11. The third-order valence-electron chi connectivity index (χ3n) is 2.95. The van der Waals surface area contributed by atoms with Crippen LogP contribution in [-0.2, 0) is 0 Å². The first-order valence-corrected chi connectivity index (χ1v) is 6.83. The van der Waals surface area contributed by atoms with E-state index in [-0.39, 0.29) is 16.3 Å². The lowest BCUT2D eigenvalue weighted by Gasteiger charge is -2.00. The standard InChI is InChI=1S/C14H10N2O4S/c1-7-11(14(18)19)13(21-16-7)15-12(17)10-6-8-4-2-3-5-9(8)20-10/h2-6H,1H3,(H,15,17)(H,18,19). The van der Waals surface area contributed by atoms with Gasteiger partial charge in [-0.25, -0.2) is 4.79 Å². The average Bonchev–Trinajstić information content (AvgIpc) is 3.02. The normalized spacial score (nSPS) is 10.7. The molecule has 7 heteroatoms. The summed E-state index contributed by atoms with van der Waals surface area (Å²) >= 11 is 0.930. The number of amides is 1. The second-order valence-corrected chi connectivity index (χ2v) is 5.15. The lowest BCUT2D eigenvalue weighted by Crippen LogP contribution is -2.12. The van der Waals surface area contributed by atoms with E-state index >= 15 is 0 Å². The Morgan fingerprint density at radius 2 is 2.10 bits per heavy atom. The molecule has 21 heavy (non-hydrogen) atoms. The molecule has 2 aromatic heterocycles. The number of rotatable bonds is 3. The van der Waals surface area contributed by atoms with Crippen molar-refractivity contribution in [2.24, 2.45) is 0 Å². The fourth-order valence-electron chi connectivity index (χ4n) is 1.97. The second-order valence-electron chi connectivity index (χ2n) is 4.38. The Balaban J connectivity index is 1.91. The molecule has 0 saturated carbocycles. The van der Waals surface area contributed by atoms with Crippen molar-refractivity contribution < 1.29 is 19.1 Å². The number of fused-ring (bicyclic) bond motifs is 1. The smallest absolute Gasteiger partial charge is 0.340 e. The highest BCUT2D eigenvalue weighted by atomic mass is 32.1. The zero-order valence-corrected chi connectivity index (χ0v) is 11.7. The number of aromatic nitrogens is 1. The molecule has 2 heterocycles. The fraction of sp³-hybridized carbons (Fsp3) is 0.0714. The molecule has 0 atom stereocenters. The van der Waals surface area contributed by atoms with Crippen LogP contribution in [0, 0.1) is 6.92 Å². The molecule has 0 aliphatic heterocycles. The summed E-state index contributed by atoms with van der Waals surface area (Å²) in [4.78, 5) is 23.3. The second kappa shape index (κ2) is 5.02. The average molecular weight is 302 g/mol. The predicted molar refractivity (Wildman–Crippen MR) is 78.0 cm³/mol. The van der Waals surface area contributed by atoms with Gasteiger partial charge >= 0.3 is 5.97 Å². The fourth-order valence-corrected chi connectivity index (χ4v) is 2.75. The third kappa shape index (κ3) is 2.38. The number of hydrogen-bond acceptors (Lipinski definition) is 5. The monoisotopic (exact) mass is 302 g/mol. The van der Waals surface area contributed by atoms with Crippen molar-refractivity contribution in [1.29, 1.82) is 0 Å². The van der Waals surface area contributed by atoms with Crippen LogP contribution in [0.5, 0.6) is 0 Å². The molecular formula is C14H10N2O4S. The number of furan rings is 1. The van der Waals surface area contributed by atoms with Gasteiger partial charge in [0, 0.05) is 5.39 Å². The quantitative estimate of drug-likeness (QED) is 0.775. The van der Waals surface area contributed by atoms with Gasteiger partial charge in [-0.3, -0.25) is 4.79 Å². The maximum absolute atomic E-state index is 12.1. The number of carbonyl (C=O) groups excluding carboxylic acids is 1. The molecule has 0 saturated heterocycles. The minimum absolute atomic E-state index is 0.00413. The van der Waals surface area contributed by atoms with Gasteiger partial charge in [0.05, 0.1) is 5.69 Å².